The van der Waals surface area contributed by atoms with E-state index >= 15 is 0 Å². The van der Waals surface area contributed by atoms with Gasteiger partial charge in [0.25, 0.3) is 0 Å². The summed E-state index contributed by atoms with van der Waals surface area (Å²) in [5, 5.41) is 12.9. The minimum absolute atomic E-state index is 0.148. The van der Waals surface area contributed by atoms with E-state index < -0.39 is 6.09 Å². The predicted molar refractivity (Wildman–Crippen MR) is 142 cm³/mol. The lowest BCUT2D eigenvalue weighted by Crippen LogP contribution is -2.40. The van der Waals surface area contributed by atoms with Crippen LogP contribution in [0.4, 0.5) is 4.79 Å². The smallest absolute Gasteiger partial charge is 0.407 e. The molecule has 0 aliphatic heterocycles. The SMILES string of the molecule is Cc1ccc(-c2c(COC(=O)NC(C)(C)C)c(CC(C)C)nc3ccc(CCCC#N)cc23)cc1. The third-order valence-electron chi connectivity index (χ3n) is 5.76. The second-order valence-electron chi connectivity index (χ2n) is 10.7. The summed E-state index contributed by atoms with van der Waals surface area (Å²) in [7, 11) is 0. The van der Waals surface area contributed by atoms with Crippen LogP contribution in [0.1, 0.15) is 69.8 Å². The Labute approximate surface area is 209 Å². The molecular formula is C30H37N3O2. The summed E-state index contributed by atoms with van der Waals surface area (Å²) in [6, 6.07) is 17.1. The van der Waals surface area contributed by atoms with Gasteiger partial charge in [-0.25, -0.2) is 4.79 Å². The van der Waals surface area contributed by atoms with Gasteiger partial charge in [-0.15, -0.1) is 0 Å². The summed E-state index contributed by atoms with van der Waals surface area (Å²) in [6.07, 6.45) is 2.55. The summed E-state index contributed by atoms with van der Waals surface area (Å²) in [4.78, 5) is 17.6. The average Bonchev–Trinajstić information content (AvgIpc) is 2.77. The number of hydrogen-bond acceptors (Lipinski definition) is 4. The van der Waals surface area contributed by atoms with E-state index in [0.29, 0.717) is 12.3 Å². The quantitative estimate of drug-likeness (QED) is 0.350. The van der Waals surface area contributed by atoms with Crippen LogP contribution in [0.2, 0.25) is 0 Å². The van der Waals surface area contributed by atoms with Gasteiger partial charge >= 0.3 is 6.09 Å². The second kappa shape index (κ2) is 11.4. The number of nitrogens with one attached hydrogen (secondary N) is 1. The van der Waals surface area contributed by atoms with Crippen LogP contribution in [0.5, 0.6) is 0 Å². The molecule has 1 heterocycles. The maximum Gasteiger partial charge on any atom is 0.407 e. The zero-order valence-electron chi connectivity index (χ0n) is 21.9. The zero-order chi connectivity index (χ0) is 25.6. The van der Waals surface area contributed by atoms with Crippen molar-refractivity contribution in [1.82, 2.24) is 10.3 Å². The van der Waals surface area contributed by atoms with Crippen molar-refractivity contribution in [1.29, 1.82) is 5.26 Å². The fraction of sp³-hybridized carbons (Fsp3) is 0.433. The minimum Gasteiger partial charge on any atom is -0.445 e. The number of nitriles is 1. The first-order valence-corrected chi connectivity index (χ1v) is 12.4. The number of carbonyl (C=O) groups excluding carboxylic acids is 1. The Kier molecular flexibility index (Phi) is 8.51. The molecule has 3 aromatic rings. The molecule has 0 radical (unpaired) electrons. The number of ether oxygens (including phenoxy) is 1. The number of rotatable bonds is 8. The van der Waals surface area contributed by atoms with Gasteiger partial charge in [-0.1, -0.05) is 49.7 Å². The number of aryl methyl sites for hydroxylation is 2. The third-order valence-corrected chi connectivity index (χ3v) is 5.76. The van der Waals surface area contributed by atoms with Gasteiger partial charge in [0.2, 0.25) is 0 Å². The van der Waals surface area contributed by atoms with Crippen molar-refractivity contribution in [2.75, 3.05) is 0 Å². The molecule has 3 rings (SSSR count). The molecule has 35 heavy (non-hydrogen) atoms. The van der Waals surface area contributed by atoms with Gasteiger partial charge in [0, 0.05) is 28.6 Å². The van der Waals surface area contributed by atoms with E-state index in [1.54, 1.807) is 0 Å². The van der Waals surface area contributed by atoms with Crippen LogP contribution in [0.25, 0.3) is 22.0 Å². The van der Waals surface area contributed by atoms with Gasteiger partial charge in [0.05, 0.1) is 11.6 Å². The zero-order valence-corrected chi connectivity index (χ0v) is 21.9. The third kappa shape index (κ3) is 7.29. The first kappa shape index (κ1) is 26.2. The molecule has 1 N–H and O–H groups in total. The molecule has 184 valence electrons. The molecule has 2 aromatic carbocycles. The maximum atomic E-state index is 12.5. The Hall–Kier alpha value is -3.39. The van der Waals surface area contributed by atoms with E-state index in [-0.39, 0.29) is 12.1 Å². The summed E-state index contributed by atoms with van der Waals surface area (Å²) in [5.41, 5.74) is 6.98. The average molecular weight is 472 g/mol. The first-order chi connectivity index (χ1) is 16.6. The molecule has 0 bridgehead atoms. The van der Waals surface area contributed by atoms with E-state index in [1.807, 2.05) is 20.8 Å². The molecule has 0 aliphatic rings. The van der Waals surface area contributed by atoms with Crippen LogP contribution in [-0.2, 0) is 24.2 Å². The van der Waals surface area contributed by atoms with Crippen LogP contribution in [0.15, 0.2) is 42.5 Å². The normalized spacial score (nSPS) is 11.5. The minimum atomic E-state index is -0.437. The van der Waals surface area contributed by atoms with E-state index in [2.05, 4.69) is 74.6 Å². The number of aromatic nitrogens is 1. The number of carbonyl (C=O) groups is 1. The fourth-order valence-corrected chi connectivity index (χ4v) is 4.17. The van der Waals surface area contributed by atoms with Crippen molar-refractivity contribution in [3.05, 3.63) is 64.8 Å². The lowest BCUT2D eigenvalue weighted by Gasteiger charge is -2.22. The Balaban J connectivity index is 2.18. The Bertz CT molecular complexity index is 1220. The first-order valence-electron chi connectivity index (χ1n) is 12.4. The number of pyridine rings is 1. The predicted octanol–water partition coefficient (Wildman–Crippen LogP) is 7.28. The molecule has 5 heteroatoms. The Morgan fingerprint density at radius 2 is 1.86 bits per heavy atom. The highest BCUT2D eigenvalue weighted by Crippen LogP contribution is 2.35. The molecule has 0 spiro atoms. The molecule has 0 unspecified atom stereocenters. The van der Waals surface area contributed by atoms with Crippen molar-refractivity contribution in [3.8, 4) is 17.2 Å². The largest absolute Gasteiger partial charge is 0.445 e. The van der Waals surface area contributed by atoms with Crippen molar-refractivity contribution in [2.45, 2.75) is 79.4 Å². The van der Waals surface area contributed by atoms with Gasteiger partial charge in [-0.3, -0.25) is 4.98 Å². The molecule has 0 saturated carbocycles. The molecule has 0 fully saturated rings. The van der Waals surface area contributed by atoms with Gasteiger partial charge in [0.15, 0.2) is 0 Å². The summed E-state index contributed by atoms with van der Waals surface area (Å²) in [5.74, 6) is 0.401. The molecular weight excluding hydrogens is 434 g/mol. The highest BCUT2D eigenvalue weighted by Gasteiger charge is 2.21. The monoisotopic (exact) mass is 471 g/mol. The fourth-order valence-electron chi connectivity index (χ4n) is 4.17. The summed E-state index contributed by atoms with van der Waals surface area (Å²) in [6.45, 7) is 12.4. The number of alkyl carbamates (subject to hydrolysis) is 1. The van der Waals surface area contributed by atoms with Crippen LogP contribution in [0.3, 0.4) is 0 Å². The van der Waals surface area contributed by atoms with Gasteiger partial charge in [-0.2, -0.15) is 5.26 Å². The van der Waals surface area contributed by atoms with Crippen LogP contribution >= 0.6 is 0 Å². The molecule has 1 amide bonds. The van der Waals surface area contributed by atoms with E-state index in [0.717, 1.165) is 52.5 Å². The van der Waals surface area contributed by atoms with Crippen molar-refractivity contribution in [2.24, 2.45) is 5.92 Å². The van der Waals surface area contributed by atoms with E-state index in [4.69, 9.17) is 15.0 Å². The molecule has 0 atom stereocenters. The highest BCUT2D eigenvalue weighted by molar-refractivity contribution is 5.97. The van der Waals surface area contributed by atoms with Crippen molar-refractivity contribution in [3.63, 3.8) is 0 Å². The van der Waals surface area contributed by atoms with Crippen LogP contribution in [-0.4, -0.2) is 16.6 Å². The maximum absolute atomic E-state index is 12.5. The molecule has 5 nitrogen and oxygen atoms in total. The number of nitrogens with zero attached hydrogens (tertiary/aromatic N) is 2. The summed E-state index contributed by atoms with van der Waals surface area (Å²) < 4.78 is 5.74. The number of amides is 1. The summed E-state index contributed by atoms with van der Waals surface area (Å²) >= 11 is 0. The molecule has 0 saturated heterocycles. The van der Waals surface area contributed by atoms with Gasteiger partial charge in [-0.05, 0) is 81.7 Å². The molecule has 1 aromatic heterocycles. The van der Waals surface area contributed by atoms with E-state index in [1.165, 1.54) is 11.1 Å². The Morgan fingerprint density at radius 1 is 1.14 bits per heavy atom. The van der Waals surface area contributed by atoms with Gasteiger partial charge in [0.1, 0.15) is 6.61 Å². The van der Waals surface area contributed by atoms with E-state index in [9.17, 15) is 4.79 Å². The van der Waals surface area contributed by atoms with Crippen molar-refractivity contribution >= 4 is 17.0 Å². The van der Waals surface area contributed by atoms with Crippen molar-refractivity contribution < 1.29 is 9.53 Å². The van der Waals surface area contributed by atoms with Crippen LogP contribution in [0, 0.1) is 24.2 Å². The lowest BCUT2D eigenvalue weighted by molar-refractivity contribution is 0.131. The second-order valence-corrected chi connectivity index (χ2v) is 10.7. The topological polar surface area (TPSA) is 75.0 Å². The highest BCUT2D eigenvalue weighted by atomic mass is 16.5. The number of benzene rings is 2. The standard InChI is InChI=1S/C30H37N3O2/c1-20(2)17-27-25(19-35-29(34)33-30(4,5)6)28(23-13-10-21(3)11-14-23)24-18-22(9-7-8-16-31)12-15-26(24)32-27/h10-15,18,20H,7-9,17,19H2,1-6H3,(H,33,34). The Morgan fingerprint density at radius 3 is 2.49 bits per heavy atom. The number of unbranched alkanes of at least 4 members (excludes halogenated alkanes) is 1. The molecule has 0 aliphatic carbocycles. The van der Waals surface area contributed by atoms with Gasteiger partial charge < -0.3 is 10.1 Å². The number of fused-ring (bicyclic) bond motifs is 1. The van der Waals surface area contributed by atoms with Crippen LogP contribution < -0.4 is 5.32 Å². The lowest BCUT2D eigenvalue weighted by atomic mass is 9.90. The number of hydrogen-bond donors (Lipinski definition) is 1.